The zero-order chi connectivity index (χ0) is 16.6. The molecule has 0 amide bonds. The summed E-state index contributed by atoms with van der Waals surface area (Å²) in [6.45, 7) is 0. The van der Waals surface area contributed by atoms with Crippen molar-refractivity contribution in [3.05, 3.63) is 64.4 Å². The monoisotopic (exact) mass is 350 g/mol. The van der Waals surface area contributed by atoms with Crippen LogP contribution in [0.15, 0.2) is 48.2 Å². The van der Waals surface area contributed by atoms with E-state index in [-0.39, 0.29) is 23.0 Å². The van der Waals surface area contributed by atoms with E-state index in [1.54, 1.807) is 30.3 Å². The van der Waals surface area contributed by atoms with Gasteiger partial charge < -0.3 is 8.92 Å². The lowest BCUT2D eigenvalue weighted by molar-refractivity contribution is 0.101. The average molecular weight is 351 g/mol. The zero-order valence-corrected chi connectivity index (χ0v) is 13.5. The molecule has 0 saturated heterocycles. The number of carbonyl (C=O) groups is 1. The van der Waals surface area contributed by atoms with Gasteiger partial charge in [0.2, 0.25) is 5.78 Å². The molecule has 0 atom stereocenters. The fourth-order valence-electron chi connectivity index (χ4n) is 2.13. The van der Waals surface area contributed by atoms with Crippen molar-refractivity contribution < 1.29 is 22.1 Å². The maximum atomic E-state index is 12.3. The van der Waals surface area contributed by atoms with Gasteiger partial charge in [0.25, 0.3) is 0 Å². The van der Waals surface area contributed by atoms with Crippen molar-refractivity contribution >= 4 is 33.6 Å². The Morgan fingerprint density at radius 2 is 1.91 bits per heavy atom. The van der Waals surface area contributed by atoms with Gasteiger partial charge in [-0.25, -0.2) is 0 Å². The van der Waals surface area contributed by atoms with Crippen LogP contribution >= 0.6 is 11.6 Å². The largest absolute Gasteiger partial charge is 0.452 e. The summed E-state index contributed by atoms with van der Waals surface area (Å²) in [5.41, 5.74) is 0.988. The Hall–Kier alpha value is -2.31. The summed E-state index contributed by atoms with van der Waals surface area (Å²) in [6.07, 6.45) is 2.48. The molecule has 23 heavy (non-hydrogen) atoms. The fraction of sp³-hybridized carbons (Fsp3) is 0.0625. The highest BCUT2D eigenvalue weighted by molar-refractivity contribution is 7.86. The highest BCUT2D eigenvalue weighted by Crippen LogP contribution is 2.35. The molecule has 0 N–H and O–H groups in total. The predicted octanol–water partition coefficient (Wildman–Crippen LogP) is 3.29. The molecule has 0 fully saturated rings. The maximum Gasteiger partial charge on any atom is 0.306 e. The molecule has 0 bridgehead atoms. The van der Waals surface area contributed by atoms with E-state index in [2.05, 4.69) is 0 Å². The number of allylic oxidation sites excluding steroid dienone is 1. The van der Waals surface area contributed by atoms with Gasteiger partial charge in [-0.3, -0.25) is 4.79 Å². The van der Waals surface area contributed by atoms with Crippen molar-refractivity contribution in [2.45, 2.75) is 0 Å². The Balaban J connectivity index is 1.94. The average Bonchev–Trinajstić information content (AvgIpc) is 2.76. The first-order valence-electron chi connectivity index (χ1n) is 6.56. The number of halogens is 1. The van der Waals surface area contributed by atoms with Gasteiger partial charge in [-0.1, -0.05) is 29.8 Å². The summed E-state index contributed by atoms with van der Waals surface area (Å²) in [7, 11) is -3.65. The van der Waals surface area contributed by atoms with Crippen molar-refractivity contribution in [1.29, 1.82) is 0 Å². The second kappa shape index (κ2) is 5.72. The second-order valence-corrected chi connectivity index (χ2v) is 6.89. The number of Topliss-reactive ketones (excluding diaryl/α,β-unsaturated/α-hetero) is 1. The second-order valence-electron chi connectivity index (χ2n) is 4.91. The van der Waals surface area contributed by atoms with Crippen LogP contribution in [0.2, 0.25) is 5.02 Å². The van der Waals surface area contributed by atoms with Crippen molar-refractivity contribution in [2.24, 2.45) is 0 Å². The minimum Gasteiger partial charge on any atom is -0.452 e. The minimum absolute atomic E-state index is 0.0815. The third-order valence-corrected chi connectivity index (χ3v) is 3.92. The lowest BCUT2D eigenvalue weighted by Crippen LogP contribution is -2.05. The van der Waals surface area contributed by atoms with Crippen LogP contribution in [-0.4, -0.2) is 20.5 Å². The first kappa shape index (κ1) is 15.6. The van der Waals surface area contributed by atoms with Crippen molar-refractivity contribution in [2.75, 3.05) is 6.26 Å². The molecular formula is C16H11ClO5S. The van der Waals surface area contributed by atoms with E-state index in [0.29, 0.717) is 16.1 Å². The molecular weight excluding hydrogens is 340 g/mol. The van der Waals surface area contributed by atoms with Gasteiger partial charge >= 0.3 is 10.1 Å². The molecule has 0 unspecified atom stereocenters. The van der Waals surface area contributed by atoms with Gasteiger partial charge in [-0.2, -0.15) is 8.42 Å². The summed E-state index contributed by atoms with van der Waals surface area (Å²) in [5, 5.41) is 0.494. The number of rotatable bonds is 3. The van der Waals surface area contributed by atoms with E-state index >= 15 is 0 Å². The molecule has 0 aromatic heterocycles. The molecule has 1 heterocycles. The molecule has 0 spiro atoms. The van der Waals surface area contributed by atoms with Crippen LogP contribution in [0.1, 0.15) is 15.9 Å². The topological polar surface area (TPSA) is 69.7 Å². The molecule has 0 aliphatic carbocycles. The Bertz CT molecular complexity index is 931. The number of fused-ring (bicyclic) bond motifs is 1. The molecule has 2 aromatic carbocycles. The lowest BCUT2D eigenvalue weighted by atomic mass is 10.1. The number of ether oxygens (including phenoxy) is 1. The predicted molar refractivity (Wildman–Crippen MR) is 86.3 cm³/mol. The summed E-state index contributed by atoms with van der Waals surface area (Å²) in [4.78, 5) is 12.3. The number of hydrogen-bond acceptors (Lipinski definition) is 5. The van der Waals surface area contributed by atoms with Gasteiger partial charge in [0.05, 0.1) is 11.8 Å². The van der Waals surface area contributed by atoms with Gasteiger partial charge in [-0.15, -0.1) is 0 Å². The van der Waals surface area contributed by atoms with Gasteiger partial charge in [-0.05, 0) is 29.8 Å². The smallest absolute Gasteiger partial charge is 0.306 e. The number of ketones is 1. The minimum atomic E-state index is -3.65. The summed E-state index contributed by atoms with van der Waals surface area (Å²) >= 11 is 6.06. The van der Waals surface area contributed by atoms with E-state index in [4.69, 9.17) is 20.5 Å². The molecule has 1 aliphatic heterocycles. The SMILES string of the molecule is CS(=O)(=O)Oc1ccc2c(c1)O/C(=C\c1ccccc1Cl)C2=O. The van der Waals surface area contributed by atoms with Crippen LogP contribution in [0.3, 0.4) is 0 Å². The van der Waals surface area contributed by atoms with Crippen LogP contribution < -0.4 is 8.92 Å². The first-order valence-corrected chi connectivity index (χ1v) is 8.75. The van der Waals surface area contributed by atoms with Crippen molar-refractivity contribution in [3.63, 3.8) is 0 Å². The van der Waals surface area contributed by atoms with Gasteiger partial charge in [0, 0.05) is 11.1 Å². The molecule has 3 rings (SSSR count). The quantitative estimate of drug-likeness (QED) is 0.627. The zero-order valence-electron chi connectivity index (χ0n) is 11.9. The van der Waals surface area contributed by atoms with E-state index in [1.807, 2.05) is 0 Å². The number of hydrogen-bond donors (Lipinski definition) is 0. The fourth-order valence-corrected chi connectivity index (χ4v) is 2.77. The maximum absolute atomic E-state index is 12.3. The third-order valence-electron chi connectivity index (χ3n) is 3.08. The highest BCUT2D eigenvalue weighted by Gasteiger charge is 2.28. The lowest BCUT2D eigenvalue weighted by Gasteiger charge is -2.04. The Labute approximate surface area is 138 Å². The molecule has 0 radical (unpaired) electrons. The van der Waals surface area contributed by atoms with E-state index in [1.165, 1.54) is 18.2 Å². The van der Waals surface area contributed by atoms with Crippen LogP contribution in [0, 0.1) is 0 Å². The summed E-state index contributed by atoms with van der Waals surface area (Å²) in [6, 6.07) is 11.3. The highest BCUT2D eigenvalue weighted by atomic mass is 35.5. The Kier molecular flexibility index (Phi) is 3.87. The molecule has 0 saturated carbocycles. The van der Waals surface area contributed by atoms with Crippen LogP contribution in [0.5, 0.6) is 11.5 Å². The van der Waals surface area contributed by atoms with Crippen molar-refractivity contribution in [1.82, 2.24) is 0 Å². The molecule has 2 aromatic rings. The molecule has 1 aliphatic rings. The first-order chi connectivity index (χ1) is 10.8. The summed E-state index contributed by atoms with van der Waals surface area (Å²) in [5.74, 6) is 0.142. The Morgan fingerprint density at radius 3 is 2.61 bits per heavy atom. The van der Waals surface area contributed by atoms with Crippen LogP contribution in [-0.2, 0) is 10.1 Å². The van der Waals surface area contributed by atoms with Gasteiger partial charge in [0.15, 0.2) is 5.76 Å². The summed E-state index contributed by atoms with van der Waals surface area (Å²) < 4.78 is 32.6. The molecule has 5 nitrogen and oxygen atoms in total. The van der Waals surface area contributed by atoms with Crippen LogP contribution in [0.25, 0.3) is 6.08 Å². The molecule has 118 valence electrons. The normalized spacial score (nSPS) is 15.4. The van der Waals surface area contributed by atoms with Gasteiger partial charge in [0.1, 0.15) is 11.5 Å². The van der Waals surface area contributed by atoms with Crippen LogP contribution in [0.4, 0.5) is 0 Å². The van der Waals surface area contributed by atoms with E-state index in [9.17, 15) is 13.2 Å². The standard InChI is InChI=1S/C16H11ClO5S/c1-23(19,20)22-11-6-7-12-14(9-11)21-15(16(12)18)8-10-4-2-3-5-13(10)17/h2-9H,1H3/b15-8-. The van der Waals surface area contributed by atoms with E-state index in [0.717, 1.165) is 6.26 Å². The molecule has 7 heteroatoms. The number of carbonyl (C=O) groups excluding carboxylic acids is 1. The number of benzene rings is 2. The third kappa shape index (κ3) is 3.38. The Morgan fingerprint density at radius 1 is 1.17 bits per heavy atom. The van der Waals surface area contributed by atoms with Crippen molar-refractivity contribution in [3.8, 4) is 11.5 Å². The van der Waals surface area contributed by atoms with E-state index < -0.39 is 10.1 Å².